The number of fused-ring (bicyclic) bond motifs is 1. The third-order valence-electron chi connectivity index (χ3n) is 2.53. The monoisotopic (exact) mass is 245 g/mol. The number of aryl methyl sites for hydroxylation is 2. The standard InChI is InChI=1S/C11H11N5S/c1-6-5-10-14-15-11(16(10)7(2)13-6)8-3-4-9(12)17-8/h3-5H,12H2,1-2H3. The van der Waals surface area contributed by atoms with Crippen LogP contribution in [0.3, 0.4) is 0 Å². The maximum atomic E-state index is 5.74. The summed E-state index contributed by atoms with van der Waals surface area (Å²) in [6.07, 6.45) is 0. The quantitative estimate of drug-likeness (QED) is 0.712. The van der Waals surface area contributed by atoms with Crippen molar-refractivity contribution >= 4 is 22.0 Å². The van der Waals surface area contributed by atoms with Crippen molar-refractivity contribution in [2.75, 3.05) is 5.73 Å². The van der Waals surface area contributed by atoms with E-state index >= 15 is 0 Å². The lowest BCUT2D eigenvalue weighted by Crippen LogP contribution is -1.98. The van der Waals surface area contributed by atoms with Crippen molar-refractivity contribution in [3.63, 3.8) is 0 Å². The van der Waals surface area contributed by atoms with Crippen LogP contribution >= 0.6 is 11.3 Å². The van der Waals surface area contributed by atoms with Crippen molar-refractivity contribution in [2.24, 2.45) is 0 Å². The smallest absolute Gasteiger partial charge is 0.179 e. The number of rotatable bonds is 1. The van der Waals surface area contributed by atoms with Gasteiger partial charge in [-0.15, -0.1) is 21.5 Å². The van der Waals surface area contributed by atoms with Gasteiger partial charge in [0.2, 0.25) is 0 Å². The minimum Gasteiger partial charge on any atom is -0.391 e. The summed E-state index contributed by atoms with van der Waals surface area (Å²) in [4.78, 5) is 5.43. The molecule has 3 aromatic rings. The van der Waals surface area contributed by atoms with Gasteiger partial charge in [-0.2, -0.15) is 0 Å². The predicted octanol–water partition coefficient (Wildman–Crippen LogP) is 2.05. The van der Waals surface area contributed by atoms with E-state index in [1.807, 2.05) is 36.4 Å². The van der Waals surface area contributed by atoms with Crippen molar-refractivity contribution < 1.29 is 0 Å². The van der Waals surface area contributed by atoms with Crippen LogP contribution in [0.15, 0.2) is 18.2 Å². The molecule has 0 aliphatic heterocycles. The van der Waals surface area contributed by atoms with Crippen molar-refractivity contribution in [3.05, 3.63) is 29.7 Å². The number of anilines is 1. The summed E-state index contributed by atoms with van der Waals surface area (Å²) in [5.41, 5.74) is 7.50. The van der Waals surface area contributed by atoms with Crippen LogP contribution in [-0.2, 0) is 0 Å². The molecule has 0 saturated carbocycles. The first-order chi connectivity index (χ1) is 8.15. The van der Waals surface area contributed by atoms with Gasteiger partial charge in [0.1, 0.15) is 5.82 Å². The molecule has 0 atom stereocenters. The Morgan fingerprint density at radius 2 is 2.06 bits per heavy atom. The van der Waals surface area contributed by atoms with E-state index in [9.17, 15) is 0 Å². The van der Waals surface area contributed by atoms with Gasteiger partial charge in [-0.1, -0.05) is 0 Å². The van der Waals surface area contributed by atoms with Gasteiger partial charge < -0.3 is 5.73 Å². The number of thiophene rings is 1. The number of aromatic nitrogens is 4. The van der Waals surface area contributed by atoms with Crippen LogP contribution in [0.25, 0.3) is 16.3 Å². The molecule has 2 N–H and O–H groups in total. The molecule has 0 fully saturated rings. The Morgan fingerprint density at radius 3 is 2.76 bits per heavy atom. The zero-order chi connectivity index (χ0) is 12.0. The molecule has 0 spiro atoms. The number of nitrogen functional groups attached to an aromatic ring is 1. The maximum Gasteiger partial charge on any atom is 0.179 e. The molecule has 0 saturated heterocycles. The number of nitrogens with two attached hydrogens (primary N) is 1. The fourth-order valence-electron chi connectivity index (χ4n) is 1.87. The third-order valence-corrected chi connectivity index (χ3v) is 3.45. The van der Waals surface area contributed by atoms with Gasteiger partial charge in [-0.25, -0.2) is 4.98 Å². The molecule has 3 aromatic heterocycles. The van der Waals surface area contributed by atoms with Gasteiger partial charge in [0.05, 0.1) is 9.88 Å². The van der Waals surface area contributed by atoms with Crippen molar-refractivity contribution in [2.45, 2.75) is 13.8 Å². The molecule has 0 aromatic carbocycles. The van der Waals surface area contributed by atoms with Crippen LogP contribution in [0, 0.1) is 13.8 Å². The molecule has 0 amide bonds. The lowest BCUT2D eigenvalue weighted by atomic mass is 10.4. The first-order valence-electron chi connectivity index (χ1n) is 5.20. The van der Waals surface area contributed by atoms with Crippen LogP contribution in [0.5, 0.6) is 0 Å². The van der Waals surface area contributed by atoms with E-state index in [2.05, 4.69) is 15.2 Å². The van der Waals surface area contributed by atoms with Gasteiger partial charge in [-0.05, 0) is 26.0 Å². The van der Waals surface area contributed by atoms with E-state index in [1.54, 1.807) is 0 Å². The fraction of sp³-hybridized carbons (Fsp3) is 0.182. The predicted molar refractivity (Wildman–Crippen MR) is 68.0 cm³/mol. The topological polar surface area (TPSA) is 69.1 Å². The summed E-state index contributed by atoms with van der Waals surface area (Å²) in [5.74, 6) is 1.68. The van der Waals surface area contributed by atoms with E-state index in [0.29, 0.717) is 0 Å². The summed E-state index contributed by atoms with van der Waals surface area (Å²) in [7, 11) is 0. The molecule has 0 unspecified atom stereocenters. The summed E-state index contributed by atoms with van der Waals surface area (Å²) in [6, 6.07) is 5.74. The lowest BCUT2D eigenvalue weighted by Gasteiger charge is -2.02. The van der Waals surface area contributed by atoms with E-state index in [-0.39, 0.29) is 0 Å². The van der Waals surface area contributed by atoms with Gasteiger partial charge in [0.25, 0.3) is 0 Å². The molecular weight excluding hydrogens is 234 g/mol. The molecule has 5 nitrogen and oxygen atoms in total. The molecule has 0 bridgehead atoms. The molecule has 0 aliphatic rings. The number of hydrogen-bond acceptors (Lipinski definition) is 5. The molecule has 17 heavy (non-hydrogen) atoms. The zero-order valence-electron chi connectivity index (χ0n) is 9.51. The Hall–Kier alpha value is -1.95. The largest absolute Gasteiger partial charge is 0.391 e. The molecule has 6 heteroatoms. The SMILES string of the molecule is Cc1cc2nnc(-c3ccc(N)s3)n2c(C)n1. The van der Waals surface area contributed by atoms with Crippen molar-refractivity contribution in [1.29, 1.82) is 0 Å². The van der Waals surface area contributed by atoms with E-state index in [4.69, 9.17) is 5.73 Å². The highest BCUT2D eigenvalue weighted by Crippen LogP contribution is 2.28. The highest BCUT2D eigenvalue weighted by molar-refractivity contribution is 7.19. The van der Waals surface area contributed by atoms with Gasteiger partial charge in [0, 0.05) is 11.8 Å². The minimum absolute atomic E-state index is 0.773. The van der Waals surface area contributed by atoms with E-state index in [1.165, 1.54) is 11.3 Å². The molecule has 3 heterocycles. The first-order valence-corrected chi connectivity index (χ1v) is 6.02. The van der Waals surface area contributed by atoms with Crippen LogP contribution in [-0.4, -0.2) is 19.6 Å². The molecule has 86 valence electrons. The normalized spacial score (nSPS) is 11.2. The summed E-state index contributed by atoms with van der Waals surface area (Å²) in [5, 5.41) is 9.15. The fourth-order valence-corrected chi connectivity index (χ4v) is 2.62. The highest BCUT2D eigenvalue weighted by atomic mass is 32.1. The molecule has 3 rings (SSSR count). The third kappa shape index (κ3) is 1.57. The van der Waals surface area contributed by atoms with Crippen LogP contribution in [0.1, 0.15) is 11.5 Å². The summed E-state index contributed by atoms with van der Waals surface area (Å²) >= 11 is 1.50. The minimum atomic E-state index is 0.773. The Labute approximate surface area is 102 Å². The Kier molecular flexibility index (Phi) is 2.12. The highest BCUT2D eigenvalue weighted by Gasteiger charge is 2.12. The number of hydrogen-bond donors (Lipinski definition) is 1. The van der Waals surface area contributed by atoms with Gasteiger partial charge in [0.15, 0.2) is 11.5 Å². The Bertz CT molecular complexity index is 697. The zero-order valence-corrected chi connectivity index (χ0v) is 10.3. The van der Waals surface area contributed by atoms with E-state index < -0.39 is 0 Å². The second kappa shape index (κ2) is 3.53. The van der Waals surface area contributed by atoms with Gasteiger partial charge >= 0.3 is 0 Å². The van der Waals surface area contributed by atoms with Crippen LogP contribution in [0.2, 0.25) is 0 Å². The van der Waals surface area contributed by atoms with Crippen LogP contribution in [0.4, 0.5) is 5.00 Å². The average Bonchev–Trinajstić information content (AvgIpc) is 2.83. The van der Waals surface area contributed by atoms with E-state index in [0.717, 1.165) is 32.9 Å². The molecule has 0 radical (unpaired) electrons. The van der Waals surface area contributed by atoms with Crippen LogP contribution < -0.4 is 5.73 Å². The van der Waals surface area contributed by atoms with Crippen molar-refractivity contribution in [1.82, 2.24) is 19.6 Å². The maximum absolute atomic E-state index is 5.74. The lowest BCUT2D eigenvalue weighted by molar-refractivity contribution is 0.964. The second-order valence-corrected chi connectivity index (χ2v) is 4.98. The summed E-state index contributed by atoms with van der Waals surface area (Å²) in [6.45, 7) is 3.90. The Morgan fingerprint density at radius 1 is 1.24 bits per heavy atom. The average molecular weight is 245 g/mol. The first kappa shape index (κ1) is 10.2. The molecule has 0 aliphatic carbocycles. The van der Waals surface area contributed by atoms with Crippen molar-refractivity contribution in [3.8, 4) is 10.7 Å². The Balaban J connectivity index is 2.31. The van der Waals surface area contributed by atoms with Gasteiger partial charge in [-0.3, -0.25) is 4.40 Å². The number of nitrogens with zero attached hydrogens (tertiary/aromatic N) is 4. The summed E-state index contributed by atoms with van der Waals surface area (Å²) < 4.78 is 1.94. The molecular formula is C11H11N5S. The second-order valence-electron chi connectivity index (χ2n) is 3.86.